The molecule has 0 unspecified atom stereocenters. The minimum atomic E-state index is -0.0270. The Kier molecular flexibility index (Phi) is 4.90. The van der Waals surface area contributed by atoms with E-state index in [2.05, 4.69) is 15.9 Å². The summed E-state index contributed by atoms with van der Waals surface area (Å²) in [5.41, 5.74) is 1.95. The number of hydrogen-bond donors (Lipinski definition) is 1. The van der Waals surface area contributed by atoms with Crippen molar-refractivity contribution in [3.8, 4) is 11.5 Å². The average molecular weight is 370 g/mol. The number of thiophene rings is 1. The summed E-state index contributed by atoms with van der Waals surface area (Å²) in [5, 5.41) is 9.58. The quantitative estimate of drug-likeness (QED) is 0.891. The zero-order chi connectivity index (χ0) is 15.6. The molecule has 2 rings (SSSR count). The van der Waals surface area contributed by atoms with E-state index in [1.807, 2.05) is 13.0 Å². The number of aromatic hydroxyl groups is 1. The van der Waals surface area contributed by atoms with Gasteiger partial charge in [0.2, 0.25) is 0 Å². The third-order valence-electron chi connectivity index (χ3n) is 3.08. The molecule has 1 heterocycles. The van der Waals surface area contributed by atoms with Crippen LogP contribution in [0.15, 0.2) is 28.1 Å². The lowest BCUT2D eigenvalue weighted by molar-refractivity contribution is 0.0789. The highest BCUT2D eigenvalue weighted by Gasteiger charge is 2.16. The van der Waals surface area contributed by atoms with Crippen LogP contribution in [0.5, 0.6) is 11.5 Å². The maximum absolute atomic E-state index is 12.4. The molecule has 1 aromatic heterocycles. The first kappa shape index (κ1) is 15.9. The minimum absolute atomic E-state index is 0.0270. The number of nitrogens with zero attached hydrogens (tertiary/aromatic N) is 1. The summed E-state index contributed by atoms with van der Waals surface area (Å²) in [4.78, 5) is 14.7. The molecule has 6 heteroatoms. The molecule has 0 atom stereocenters. The Hall–Kier alpha value is -1.53. The summed E-state index contributed by atoms with van der Waals surface area (Å²) in [6.07, 6.45) is 0. The number of phenolic OH excluding ortho intramolecular Hbond substituents is 1. The second kappa shape index (κ2) is 6.49. The summed E-state index contributed by atoms with van der Waals surface area (Å²) in [6.45, 7) is 2.41. The van der Waals surface area contributed by atoms with Crippen LogP contribution >= 0.6 is 27.3 Å². The van der Waals surface area contributed by atoms with E-state index < -0.39 is 0 Å². The van der Waals surface area contributed by atoms with E-state index in [1.165, 1.54) is 18.4 Å². The maximum atomic E-state index is 12.4. The van der Waals surface area contributed by atoms with Crippen molar-refractivity contribution in [2.75, 3.05) is 14.2 Å². The van der Waals surface area contributed by atoms with Crippen LogP contribution in [0.25, 0.3) is 0 Å². The molecule has 0 aliphatic carbocycles. The number of benzene rings is 1. The molecule has 1 amide bonds. The second-order valence-electron chi connectivity index (χ2n) is 4.73. The topological polar surface area (TPSA) is 49.8 Å². The van der Waals surface area contributed by atoms with Crippen LogP contribution < -0.4 is 4.74 Å². The van der Waals surface area contributed by atoms with Crippen LogP contribution in [0.3, 0.4) is 0 Å². The number of carbonyl (C=O) groups is 1. The number of amides is 1. The highest BCUT2D eigenvalue weighted by atomic mass is 79.9. The number of hydrogen-bond acceptors (Lipinski definition) is 4. The summed E-state index contributed by atoms with van der Waals surface area (Å²) in [6, 6.07) is 6.95. The van der Waals surface area contributed by atoms with Gasteiger partial charge in [0.25, 0.3) is 5.91 Å². The Labute approximate surface area is 136 Å². The van der Waals surface area contributed by atoms with E-state index in [0.29, 0.717) is 17.2 Å². The molecule has 0 saturated carbocycles. The lowest BCUT2D eigenvalue weighted by Gasteiger charge is -2.17. The molecule has 1 aromatic carbocycles. The second-order valence-corrected chi connectivity index (χ2v) is 7.10. The monoisotopic (exact) mass is 369 g/mol. The molecule has 0 aliphatic heterocycles. The van der Waals surface area contributed by atoms with Gasteiger partial charge in [0.05, 0.1) is 15.8 Å². The van der Waals surface area contributed by atoms with Crippen molar-refractivity contribution in [3.63, 3.8) is 0 Å². The number of halogens is 1. The van der Waals surface area contributed by atoms with Gasteiger partial charge in [-0.1, -0.05) is 6.07 Å². The van der Waals surface area contributed by atoms with Gasteiger partial charge in [-0.3, -0.25) is 4.79 Å². The molecule has 21 heavy (non-hydrogen) atoms. The zero-order valence-electron chi connectivity index (χ0n) is 12.0. The number of aryl methyl sites for hydroxylation is 1. The third kappa shape index (κ3) is 3.57. The van der Waals surface area contributed by atoms with Gasteiger partial charge in [-0.15, -0.1) is 11.3 Å². The lowest BCUT2D eigenvalue weighted by atomic mass is 10.2. The first-order valence-electron chi connectivity index (χ1n) is 6.29. The Balaban J connectivity index is 2.13. The van der Waals surface area contributed by atoms with Crippen molar-refractivity contribution in [1.82, 2.24) is 4.90 Å². The van der Waals surface area contributed by atoms with Gasteiger partial charge in [0, 0.05) is 13.6 Å². The molecule has 0 saturated heterocycles. The predicted octanol–water partition coefficient (Wildman–Crippen LogP) is 3.81. The van der Waals surface area contributed by atoms with Gasteiger partial charge in [-0.2, -0.15) is 0 Å². The SMILES string of the molecule is COc1cc(CN(C)C(=O)c2cc(C)c(Br)s2)ccc1O. The van der Waals surface area contributed by atoms with Gasteiger partial charge in [0.15, 0.2) is 11.5 Å². The molecule has 0 bridgehead atoms. The van der Waals surface area contributed by atoms with E-state index in [4.69, 9.17) is 4.74 Å². The first-order chi connectivity index (χ1) is 9.92. The predicted molar refractivity (Wildman–Crippen MR) is 87.2 cm³/mol. The normalized spacial score (nSPS) is 10.5. The molecule has 0 aliphatic rings. The molecule has 2 aromatic rings. The summed E-state index contributed by atoms with van der Waals surface area (Å²) >= 11 is 4.86. The molecule has 0 fully saturated rings. The zero-order valence-corrected chi connectivity index (χ0v) is 14.4. The largest absolute Gasteiger partial charge is 0.504 e. The van der Waals surface area contributed by atoms with Crippen molar-refractivity contribution in [3.05, 3.63) is 44.1 Å². The summed E-state index contributed by atoms with van der Waals surface area (Å²) in [5.74, 6) is 0.469. The van der Waals surface area contributed by atoms with Gasteiger partial charge in [-0.25, -0.2) is 0 Å². The number of ether oxygens (including phenoxy) is 1. The van der Waals surface area contributed by atoms with Gasteiger partial charge < -0.3 is 14.7 Å². The molecule has 0 spiro atoms. The van der Waals surface area contributed by atoms with Crippen LogP contribution in [0.1, 0.15) is 20.8 Å². The van der Waals surface area contributed by atoms with Gasteiger partial charge >= 0.3 is 0 Å². The maximum Gasteiger partial charge on any atom is 0.264 e. The van der Waals surface area contributed by atoms with Crippen LogP contribution in [-0.4, -0.2) is 30.1 Å². The molecule has 1 N–H and O–H groups in total. The third-order valence-corrected chi connectivity index (χ3v) is 5.20. The minimum Gasteiger partial charge on any atom is -0.504 e. The molecular formula is C15H16BrNO3S. The smallest absolute Gasteiger partial charge is 0.264 e. The fourth-order valence-electron chi connectivity index (χ4n) is 1.92. The highest BCUT2D eigenvalue weighted by Crippen LogP contribution is 2.29. The van der Waals surface area contributed by atoms with Crippen molar-refractivity contribution in [2.45, 2.75) is 13.5 Å². The molecule has 112 valence electrons. The van der Waals surface area contributed by atoms with E-state index in [1.54, 1.807) is 30.1 Å². The van der Waals surface area contributed by atoms with Crippen LogP contribution in [0.2, 0.25) is 0 Å². The highest BCUT2D eigenvalue weighted by molar-refractivity contribution is 9.11. The van der Waals surface area contributed by atoms with Crippen LogP contribution in [0.4, 0.5) is 0 Å². The van der Waals surface area contributed by atoms with Crippen molar-refractivity contribution in [2.24, 2.45) is 0 Å². The van der Waals surface area contributed by atoms with Crippen LogP contribution in [-0.2, 0) is 6.54 Å². The summed E-state index contributed by atoms with van der Waals surface area (Å²) in [7, 11) is 3.25. The fourth-order valence-corrected chi connectivity index (χ4v) is 3.45. The molecule has 4 nitrogen and oxygen atoms in total. The number of methoxy groups -OCH3 is 1. The number of rotatable bonds is 4. The Morgan fingerprint density at radius 2 is 2.14 bits per heavy atom. The number of phenols is 1. The summed E-state index contributed by atoms with van der Waals surface area (Å²) < 4.78 is 6.05. The molecule has 0 radical (unpaired) electrons. The van der Waals surface area contributed by atoms with Crippen LogP contribution in [0, 0.1) is 6.92 Å². The Morgan fingerprint density at radius 1 is 1.43 bits per heavy atom. The van der Waals surface area contributed by atoms with Crippen molar-refractivity contribution >= 4 is 33.2 Å². The fraction of sp³-hybridized carbons (Fsp3) is 0.267. The van der Waals surface area contributed by atoms with E-state index >= 15 is 0 Å². The lowest BCUT2D eigenvalue weighted by Crippen LogP contribution is -2.25. The van der Waals surface area contributed by atoms with E-state index in [9.17, 15) is 9.90 Å². The first-order valence-corrected chi connectivity index (χ1v) is 7.90. The molecular weight excluding hydrogens is 354 g/mol. The Morgan fingerprint density at radius 3 is 2.71 bits per heavy atom. The Bertz CT molecular complexity index is 649. The van der Waals surface area contributed by atoms with Gasteiger partial charge in [0.1, 0.15) is 0 Å². The van der Waals surface area contributed by atoms with Crippen molar-refractivity contribution < 1.29 is 14.6 Å². The van der Waals surface area contributed by atoms with Crippen molar-refractivity contribution in [1.29, 1.82) is 0 Å². The van der Waals surface area contributed by atoms with Gasteiger partial charge in [-0.05, 0) is 52.2 Å². The standard InChI is InChI=1S/C15H16BrNO3S/c1-9-6-13(21-14(9)16)15(19)17(2)8-10-4-5-11(18)12(7-10)20-3/h4-7,18H,8H2,1-3H3. The number of carbonyl (C=O) groups excluding carboxylic acids is 1. The average Bonchev–Trinajstić information content (AvgIpc) is 2.79. The van der Waals surface area contributed by atoms with E-state index in [-0.39, 0.29) is 11.7 Å². The van der Waals surface area contributed by atoms with E-state index in [0.717, 1.165) is 14.9 Å².